The molecule has 0 spiro atoms. The van der Waals surface area contributed by atoms with Crippen LogP contribution in [0.15, 0.2) is 83.0 Å². The van der Waals surface area contributed by atoms with Gasteiger partial charge in [0.15, 0.2) is 11.7 Å². The molecule has 0 fully saturated rings. The van der Waals surface area contributed by atoms with Gasteiger partial charge in [-0.05, 0) is 36.1 Å². The minimum Gasteiger partial charge on any atom is -0.496 e. The second-order valence-corrected chi connectivity index (χ2v) is 9.72. The van der Waals surface area contributed by atoms with Crippen molar-refractivity contribution in [3.05, 3.63) is 99.8 Å². The van der Waals surface area contributed by atoms with Crippen LogP contribution >= 0.6 is 11.3 Å². The van der Waals surface area contributed by atoms with E-state index >= 15 is 0 Å². The Morgan fingerprint density at radius 3 is 2.41 bits per heavy atom. The molecule has 9 heteroatoms. The topological polar surface area (TPSA) is 99.5 Å². The number of para-hydroxylation sites is 1. The highest BCUT2D eigenvalue weighted by atomic mass is 32.1. The smallest absolute Gasteiger partial charge is 0.356 e. The molecule has 2 aromatic heterocycles. The minimum absolute atomic E-state index is 0.0723. The predicted octanol–water partition coefficient (Wildman–Crippen LogP) is 5.44. The molecule has 0 radical (unpaired) electrons. The number of thiazole rings is 1. The number of methoxy groups -OCH3 is 1. The Hall–Kier alpha value is -4.76. The van der Waals surface area contributed by atoms with Gasteiger partial charge in [-0.3, -0.25) is 14.9 Å². The zero-order valence-corrected chi connectivity index (χ0v) is 22.4. The van der Waals surface area contributed by atoms with Crippen LogP contribution < -0.4 is 15.6 Å². The number of ether oxygens (including phenoxy) is 2. The summed E-state index contributed by atoms with van der Waals surface area (Å²) in [4.78, 5) is 43.6. The van der Waals surface area contributed by atoms with E-state index in [1.807, 2.05) is 61.5 Å². The number of pyridine rings is 1. The molecule has 0 aliphatic carbocycles. The number of rotatable bonds is 7. The number of fused-ring (bicyclic) bond motifs is 1. The standard InChI is InChI=1S/C30H25N3O5S/c1-18-12-14-19(15-13-18)26-20-8-4-5-9-21(20)28(35)33(2)27(26)29(36)38-16-25(34)32-30-31-23(17-39-30)22-10-6-7-11-24(22)37-3/h4-15,17H,16H2,1-3H3,(H,31,32,34). The summed E-state index contributed by atoms with van der Waals surface area (Å²) in [5, 5.41) is 5.94. The fourth-order valence-corrected chi connectivity index (χ4v) is 5.11. The first-order valence-electron chi connectivity index (χ1n) is 12.1. The number of amides is 1. The van der Waals surface area contributed by atoms with Crippen molar-refractivity contribution in [3.8, 4) is 28.1 Å². The van der Waals surface area contributed by atoms with E-state index in [-0.39, 0.29) is 11.3 Å². The predicted molar refractivity (Wildman–Crippen MR) is 152 cm³/mol. The van der Waals surface area contributed by atoms with Crippen molar-refractivity contribution in [1.29, 1.82) is 0 Å². The molecule has 0 aliphatic heterocycles. The van der Waals surface area contributed by atoms with Crippen LogP contribution in [0.25, 0.3) is 33.2 Å². The van der Waals surface area contributed by atoms with Crippen molar-refractivity contribution >= 4 is 39.1 Å². The van der Waals surface area contributed by atoms with Crippen molar-refractivity contribution in [3.63, 3.8) is 0 Å². The van der Waals surface area contributed by atoms with Crippen LogP contribution in [0.2, 0.25) is 0 Å². The first-order valence-corrected chi connectivity index (χ1v) is 13.0. The number of hydrogen-bond donors (Lipinski definition) is 1. The lowest BCUT2D eigenvalue weighted by Gasteiger charge is -2.17. The van der Waals surface area contributed by atoms with E-state index in [9.17, 15) is 14.4 Å². The summed E-state index contributed by atoms with van der Waals surface area (Å²) in [6, 6.07) is 22.2. The van der Waals surface area contributed by atoms with Gasteiger partial charge in [-0.25, -0.2) is 9.78 Å². The monoisotopic (exact) mass is 539 g/mol. The molecule has 5 rings (SSSR count). The number of carbonyl (C=O) groups excluding carboxylic acids is 2. The number of esters is 1. The Morgan fingerprint density at radius 1 is 0.974 bits per heavy atom. The summed E-state index contributed by atoms with van der Waals surface area (Å²) in [5.74, 6) is -0.660. The van der Waals surface area contributed by atoms with Crippen LogP contribution in [0.5, 0.6) is 5.75 Å². The Bertz CT molecular complexity index is 1760. The Labute approximate surface area is 228 Å². The number of hydrogen-bond acceptors (Lipinski definition) is 7. The molecule has 5 aromatic rings. The summed E-state index contributed by atoms with van der Waals surface area (Å²) in [5.41, 5.74) is 3.58. The molecular weight excluding hydrogens is 514 g/mol. The number of nitrogens with zero attached hydrogens (tertiary/aromatic N) is 2. The lowest BCUT2D eigenvalue weighted by molar-refractivity contribution is -0.119. The van der Waals surface area contributed by atoms with E-state index < -0.39 is 18.5 Å². The maximum Gasteiger partial charge on any atom is 0.356 e. The summed E-state index contributed by atoms with van der Waals surface area (Å²) >= 11 is 1.24. The molecule has 0 bridgehead atoms. The molecule has 0 saturated heterocycles. The van der Waals surface area contributed by atoms with Gasteiger partial charge in [0.1, 0.15) is 11.4 Å². The van der Waals surface area contributed by atoms with E-state index in [4.69, 9.17) is 9.47 Å². The maximum atomic E-state index is 13.4. The van der Waals surface area contributed by atoms with Gasteiger partial charge in [-0.2, -0.15) is 0 Å². The molecule has 2 heterocycles. The number of carbonyl (C=O) groups is 2. The highest BCUT2D eigenvalue weighted by molar-refractivity contribution is 7.14. The first-order chi connectivity index (χ1) is 18.9. The molecule has 0 atom stereocenters. The second-order valence-electron chi connectivity index (χ2n) is 8.86. The van der Waals surface area contributed by atoms with Gasteiger partial charge in [0.25, 0.3) is 11.5 Å². The van der Waals surface area contributed by atoms with Gasteiger partial charge < -0.3 is 14.0 Å². The number of nitrogens with one attached hydrogen (secondary N) is 1. The SMILES string of the molecule is COc1ccccc1-c1csc(NC(=O)COC(=O)c2c(-c3ccc(C)cc3)c3ccccc3c(=O)n2C)n1. The Balaban J connectivity index is 1.39. The summed E-state index contributed by atoms with van der Waals surface area (Å²) < 4.78 is 12.1. The van der Waals surface area contributed by atoms with Crippen molar-refractivity contribution in [2.75, 3.05) is 19.0 Å². The third kappa shape index (κ3) is 5.17. The Morgan fingerprint density at radius 2 is 1.67 bits per heavy atom. The largest absolute Gasteiger partial charge is 0.496 e. The lowest BCUT2D eigenvalue weighted by Crippen LogP contribution is -2.28. The van der Waals surface area contributed by atoms with Gasteiger partial charge in [0, 0.05) is 28.9 Å². The average molecular weight is 540 g/mol. The van der Waals surface area contributed by atoms with Crippen LogP contribution in [0, 0.1) is 6.92 Å². The zero-order chi connectivity index (χ0) is 27.5. The van der Waals surface area contributed by atoms with Crippen molar-refractivity contribution < 1.29 is 19.1 Å². The summed E-state index contributed by atoms with van der Waals surface area (Å²) in [6.07, 6.45) is 0. The highest BCUT2D eigenvalue weighted by Crippen LogP contribution is 2.33. The van der Waals surface area contributed by atoms with Crippen molar-refractivity contribution in [1.82, 2.24) is 9.55 Å². The van der Waals surface area contributed by atoms with E-state index in [2.05, 4.69) is 10.3 Å². The van der Waals surface area contributed by atoms with Crippen LogP contribution in [-0.2, 0) is 16.6 Å². The number of aryl methyl sites for hydroxylation is 1. The fraction of sp³-hybridized carbons (Fsp3) is 0.133. The number of benzene rings is 3. The first kappa shape index (κ1) is 25.9. The molecule has 1 amide bonds. The molecule has 0 aliphatic rings. The molecule has 196 valence electrons. The molecule has 0 saturated carbocycles. The summed E-state index contributed by atoms with van der Waals surface area (Å²) in [6.45, 7) is 1.43. The van der Waals surface area contributed by atoms with Crippen LogP contribution in [0.1, 0.15) is 16.1 Å². The second kappa shape index (κ2) is 10.9. The summed E-state index contributed by atoms with van der Waals surface area (Å²) in [7, 11) is 3.11. The van der Waals surface area contributed by atoms with Crippen LogP contribution in [0.3, 0.4) is 0 Å². The highest BCUT2D eigenvalue weighted by Gasteiger charge is 2.24. The fourth-order valence-electron chi connectivity index (χ4n) is 4.38. The van der Waals surface area contributed by atoms with E-state index in [1.165, 1.54) is 23.0 Å². The molecule has 3 aromatic carbocycles. The van der Waals surface area contributed by atoms with Crippen LogP contribution in [0.4, 0.5) is 5.13 Å². The quantitative estimate of drug-likeness (QED) is 0.277. The van der Waals surface area contributed by atoms with Crippen molar-refractivity contribution in [2.45, 2.75) is 6.92 Å². The van der Waals surface area contributed by atoms with E-state index in [0.717, 1.165) is 16.7 Å². The molecular formula is C30H25N3O5S. The molecule has 8 nitrogen and oxygen atoms in total. The third-order valence-electron chi connectivity index (χ3n) is 6.31. The number of anilines is 1. The van der Waals surface area contributed by atoms with Gasteiger partial charge >= 0.3 is 5.97 Å². The van der Waals surface area contributed by atoms with Gasteiger partial charge in [-0.1, -0.05) is 60.2 Å². The average Bonchev–Trinajstić information content (AvgIpc) is 3.42. The molecule has 39 heavy (non-hydrogen) atoms. The van der Waals surface area contributed by atoms with Crippen molar-refractivity contribution in [2.24, 2.45) is 7.05 Å². The molecule has 1 N–H and O–H groups in total. The third-order valence-corrected chi connectivity index (χ3v) is 7.06. The maximum absolute atomic E-state index is 13.4. The lowest BCUT2D eigenvalue weighted by atomic mass is 9.96. The van der Waals surface area contributed by atoms with Gasteiger partial charge in [-0.15, -0.1) is 11.3 Å². The van der Waals surface area contributed by atoms with Crippen LogP contribution in [-0.4, -0.2) is 35.1 Å². The normalized spacial score (nSPS) is 10.8. The van der Waals surface area contributed by atoms with E-state index in [0.29, 0.717) is 32.9 Å². The Kier molecular flexibility index (Phi) is 7.25. The number of aromatic nitrogens is 2. The zero-order valence-electron chi connectivity index (χ0n) is 21.6. The minimum atomic E-state index is -0.778. The van der Waals surface area contributed by atoms with Gasteiger partial charge in [0.2, 0.25) is 0 Å². The molecule has 0 unspecified atom stereocenters. The van der Waals surface area contributed by atoms with E-state index in [1.54, 1.807) is 30.7 Å². The van der Waals surface area contributed by atoms with Gasteiger partial charge in [0.05, 0.1) is 12.8 Å².